The van der Waals surface area contributed by atoms with Crippen LogP contribution >= 0.6 is 0 Å². The highest BCUT2D eigenvalue weighted by Crippen LogP contribution is 2.35. The Morgan fingerprint density at radius 3 is 3.00 bits per heavy atom. The van der Waals surface area contributed by atoms with E-state index in [1.165, 1.54) is 0 Å². The zero-order valence-corrected chi connectivity index (χ0v) is 12.4. The normalized spacial score (nSPS) is 20.8. The van der Waals surface area contributed by atoms with Crippen LogP contribution < -0.4 is 0 Å². The van der Waals surface area contributed by atoms with Crippen molar-refractivity contribution in [2.24, 2.45) is 0 Å². The standard InChI is InChI=1S/C17H17N3O2/c1-11-13-7-9-20-14(8-10-22-17(20)21)15(13)19-16(18-11)12-5-3-2-4-6-12/h2-6,14H,7-10H2,1H3/i2D. The van der Waals surface area contributed by atoms with Gasteiger partial charge in [0.15, 0.2) is 5.82 Å². The van der Waals surface area contributed by atoms with E-state index in [9.17, 15) is 4.79 Å². The fourth-order valence-electron chi connectivity index (χ4n) is 3.26. The van der Waals surface area contributed by atoms with E-state index in [4.69, 9.17) is 11.1 Å². The highest BCUT2D eigenvalue weighted by Gasteiger charge is 2.37. The molecule has 0 aliphatic carbocycles. The number of amides is 1. The van der Waals surface area contributed by atoms with Crippen LogP contribution in [0.5, 0.6) is 0 Å². The Morgan fingerprint density at radius 1 is 1.36 bits per heavy atom. The van der Waals surface area contributed by atoms with E-state index in [1.807, 2.05) is 19.1 Å². The Morgan fingerprint density at radius 2 is 2.18 bits per heavy atom. The number of rotatable bonds is 1. The van der Waals surface area contributed by atoms with E-state index in [1.54, 1.807) is 17.0 Å². The summed E-state index contributed by atoms with van der Waals surface area (Å²) in [6.45, 7) is 3.10. The van der Waals surface area contributed by atoms with Gasteiger partial charge in [-0.15, -0.1) is 0 Å². The lowest BCUT2D eigenvalue weighted by Gasteiger charge is -2.39. The minimum Gasteiger partial charge on any atom is -0.449 e. The van der Waals surface area contributed by atoms with Gasteiger partial charge >= 0.3 is 6.09 Å². The molecule has 0 N–H and O–H groups in total. The summed E-state index contributed by atoms with van der Waals surface area (Å²) < 4.78 is 12.7. The number of fused-ring (bicyclic) bond motifs is 3. The average Bonchev–Trinajstić information content (AvgIpc) is 2.55. The van der Waals surface area contributed by atoms with Crippen molar-refractivity contribution in [3.63, 3.8) is 0 Å². The van der Waals surface area contributed by atoms with E-state index in [-0.39, 0.29) is 12.1 Å². The molecule has 0 bridgehead atoms. The van der Waals surface area contributed by atoms with E-state index in [0.29, 0.717) is 25.0 Å². The first kappa shape index (κ1) is 12.1. The monoisotopic (exact) mass is 296 g/mol. The van der Waals surface area contributed by atoms with Crippen LogP contribution in [0.3, 0.4) is 0 Å². The number of aromatic nitrogens is 2. The van der Waals surface area contributed by atoms with Gasteiger partial charge in [-0.05, 0) is 18.9 Å². The molecule has 1 amide bonds. The predicted octanol–water partition coefficient (Wildman–Crippen LogP) is 2.89. The smallest absolute Gasteiger partial charge is 0.410 e. The van der Waals surface area contributed by atoms with Crippen LogP contribution in [0.25, 0.3) is 11.4 Å². The topological polar surface area (TPSA) is 55.3 Å². The number of hydrogen-bond donors (Lipinski definition) is 0. The maximum Gasteiger partial charge on any atom is 0.410 e. The van der Waals surface area contributed by atoms with Crippen molar-refractivity contribution in [1.29, 1.82) is 0 Å². The number of carbonyl (C=O) groups is 1. The number of carbonyl (C=O) groups excluding carboxylic acids is 1. The Balaban J connectivity index is 1.81. The Hall–Kier alpha value is -2.43. The molecular weight excluding hydrogens is 278 g/mol. The molecule has 1 saturated heterocycles. The molecule has 1 atom stereocenters. The number of benzene rings is 1. The zero-order chi connectivity index (χ0) is 16.0. The van der Waals surface area contributed by atoms with Gasteiger partial charge in [0.1, 0.15) is 0 Å². The molecule has 1 unspecified atom stereocenters. The molecule has 0 saturated carbocycles. The van der Waals surface area contributed by atoms with Crippen molar-refractivity contribution in [3.8, 4) is 11.4 Å². The third-order valence-corrected chi connectivity index (χ3v) is 4.37. The minimum atomic E-state index is -0.247. The molecule has 112 valence electrons. The van der Waals surface area contributed by atoms with Gasteiger partial charge in [-0.2, -0.15) is 0 Å². The maximum atomic E-state index is 12.0. The second-order valence-electron chi connectivity index (χ2n) is 5.65. The highest BCUT2D eigenvalue weighted by molar-refractivity contribution is 5.70. The molecule has 1 fully saturated rings. The van der Waals surface area contributed by atoms with Crippen molar-refractivity contribution < 1.29 is 10.9 Å². The largest absolute Gasteiger partial charge is 0.449 e. The lowest BCUT2D eigenvalue weighted by atomic mass is 9.94. The molecule has 3 heterocycles. The van der Waals surface area contributed by atoms with Gasteiger partial charge in [0, 0.05) is 24.2 Å². The first-order chi connectivity index (χ1) is 11.1. The minimum absolute atomic E-state index is 0.0177. The number of aryl methyl sites for hydroxylation is 1. The zero-order valence-electron chi connectivity index (χ0n) is 13.4. The second-order valence-corrected chi connectivity index (χ2v) is 5.65. The van der Waals surface area contributed by atoms with Crippen LogP contribution in [0, 0.1) is 6.92 Å². The van der Waals surface area contributed by atoms with Gasteiger partial charge in [-0.1, -0.05) is 30.3 Å². The van der Waals surface area contributed by atoms with E-state index in [0.717, 1.165) is 35.4 Å². The molecule has 0 spiro atoms. The summed E-state index contributed by atoms with van der Waals surface area (Å²) in [7, 11) is 0. The molecule has 5 heteroatoms. The van der Waals surface area contributed by atoms with E-state index >= 15 is 0 Å². The molecule has 2 aromatic rings. The van der Waals surface area contributed by atoms with Gasteiger partial charge in [0.2, 0.25) is 0 Å². The van der Waals surface area contributed by atoms with Crippen LogP contribution in [0.4, 0.5) is 4.79 Å². The second kappa shape index (κ2) is 5.09. The van der Waals surface area contributed by atoms with Gasteiger partial charge < -0.3 is 4.74 Å². The first-order valence-corrected chi connectivity index (χ1v) is 7.51. The predicted molar refractivity (Wildman–Crippen MR) is 81.3 cm³/mol. The number of nitrogens with zero attached hydrogens (tertiary/aromatic N) is 3. The molecular formula is C17H17N3O2. The summed E-state index contributed by atoms with van der Waals surface area (Å²) in [6, 6.07) is 7.63. The summed E-state index contributed by atoms with van der Waals surface area (Å²) in [5.74, 6) is 0.655. The fraction of sp³-hybridized carbons (Fsp3) is 0.353. The van der Waals surface area contributed by atoms with Crippen LogP contribution in [0.1, 0.15) is 30.8 Å². The molecule has 2 aliphatic rings. The SMILES string of the molecule is [2H]c1ccc(-c2nc(C)c3c(n2)C2CCOC(=O)N2CC3)cc1. The Kier molecular flexibility index (Phi) is 2.81. The Labute approximate surface area is 130 Å². The lowest BCUT2D eigenvalue weighted by molar-refractivity contribution is 0.0385. The van der Waals surface area contributed by atoms with E-state index in [2.05, 4.69) is 4.98 Å². The van der Waals surface area contributed by atoms with Crippen molar-refractivity contribution in [3.05, 3.63) is 47.3 Å². The summed E-state index contributed by atoms with van der Waals surface area (Å²) in [5.41, 5.74) is 3.97. The van der Waals surface area contributed by atoms with Crippen molar-refractivity contribution in [2.45, 2.75) is 25.8 Å². The lowest BCUT2D eigenvalue weighted by Crippen LogP contribution is -2.45. The summed E-state index contributed by atoms with van der Waals surface area (Å²) in [5, 5.41) is 0. The van der Waals surface area contributed by atoms with E-state index < -0.39 is 0 Å². The molecule has 2 aliphatic heterocycles. The fourth-order valence-corrected chi connectivity index (χ4v) is 3.26. The summed E-state index contributed by atoms with van der Waals surface area (Å²) in [4.78, 5) is 23.1. The quantitative estimate of drug-likeness (QED) is 0.812. The first-order valence-electron chi connectivity index (χ1n) is 8.01. The molecule has 4 rings (SSSR count). The number of cyclic esters (lactones) is 1. The van der Waals surface area contributed by atoms with Crippen molar-refractivity contribution in [1.82, 2.24) is 14.9 Å². The maximum absolute atomic E-state index is 12.0. The van der Waals surface area contributed by atoms with Gasteiger partial charge in [-0.25, -0.2) is 14.8 Å². The van der Waals surface area contributed by atoms with Crippen LogP contribution in [-0.2, 0) is 11.2 Å². The summed E-state index contributed by atoms with van der Waals surface area (Å²) >= 11 is 0. The van der Waals surface area contributed by atoms with Crippen molar-refractivity contribution in [2.75, 3.05) is 13.2 Å². The number of ether oxygens (including phenoxy) is 1. The van der Waals surface area contributed by atoms with Crippen molar-refractivity contribution >= 4 is 6.09 Å². The van der Waals surface area contributed by atoms with Crippen LogP contribution in [-0.4, -0.2) is 34.1 Å². The van der Waals surface area contributed by atoms with Crippen LogP contribution in [0.15, 0.2) is 30.3 Å². The van der Waals surface area contributed by atoms with Crippen LogP contribution in [0.2, 0.25) is 0 Å². The average molecular weight is 296 g/mol. The third kappa shape index (κ3) is 2.04. The molecule has 22 heavy (non-hydrogen) atoms. The Bertz CT molecular complexity index is 776. The highest BCUT2D eigenvalue weighted by atomic mass is 16.6. The molecule has 5 nitrogen and oxygen atoms in total. The molecule has 1 aromatic carbocycles. The molecule has 0 radical (unpaired) electrons. The third-order valence-electron chi connectivity index (χ3n) is 4.37. The van der Waals surface area contributed by atoms with Gasteiger partial charge in [0.05, 0.1) is 19.7 Å². The summed E-state index contributed by atoms with van der Waals surface area (Å²) in [6.07, 6.45) is 1.28. The van der Waals surface area contributed by atoms with Gasteiger partial charge in [-0.3, -0.25) is 4.90 Å². The van der Waals surface area contributed by atoms with Gasteiger partial charge in [0.25, 0.3) is 0 Å². The number of hydrogen-bond acceptors (Lipinski definition) is 4. The molecule has 1 aromatic heterocycles.